The molecule has 3 nitrogen and oxygen atoms in total. The van der Waals surface area contributed by atoms with E-state index in [1.54, 1.807) is 11.3 Å². The highest BCUT2D eigenvalue weighted by atomic mass is 32.1. The molecule has 47 heavy (non-hydrogen) atoms. The summed E-state index contributed by atoms with van der Waals surface area (Å²) >= 11 is 1.71. The number of para-hydroxylation sites is 3. The smallest absolute Gasteiger partial charge is 0.204 e. The highest BCUT2D eigenvalue weighted by Gasteiger charge is 2.17. The van der Waals surface area contributed by atoms with Crippen LogP contribution >= 0.6 is 11.3 Å². The van der Waals surface area contributed by atoms with E-state index in [1.807, 2.05) is 12.1 Å². The second kappa shape index (κ2) is 9.92. The number of hydrogen-bond donors (Lipinski definition) is 0. The number of aromatic nitrogens is 2. The molecule has 218 valence electrons. The monoisotopic (exact) mass is 615 g/mol. The van der Waals surface area contributed by atoms with Gasteiger partial charge in [-0.3, -0.25) is 0 Å². The number of rotatable bonds is 3. The van der Waals surface area contributed by atoms with Crippen molar-refractivity contribution in [3.8, 4) is 22.5 Å². The van der Waals surface area contributed by atoms with Crippen molar-refractivity contribution in [2.45, 2.75) is 0 Å². The maximum Gasteiger partial charge on any atom is 0.204 e. The van der Waals surface area contributed by atoms with Gasteiger partial charge in [0.1, 0.15) is 0 Å². The van der Waals surface area contributed by atoms with Crippen molar-refractivity contribution >= 4 is 80.8 Å². The molecular formula is C43H25N3S. The van der Waals surface area contributed by atoms with Crippen LogP contribution in [0, 0.1) is 6.57 Å². The van der Waals surface area contributed by atoms with Gasteiger partial charge in [-0.15, -0.1) is 11.3 Å². The third kappa shape index (κ3) is 3.78. The molecule has 0 aliphatic rings. The van der Waals surface area contributed by atoms with Crippen molar-refractivity contribution in [1.29, 1.82) is 0 Å². The lowest BCUT2D eigenvalue weighted by Crippen LogP contribution is -1.96. The summed E-state index contributed by atoms with van der Waals surface area (Å²) in [4.78, 5) is 3.81. The molecule has 0 spiro atoms. The molecule has 0 radical (unpaired) electrons. The lowest BCUT2D eigenvalue weighted by Gasteiger charge is -2.12. The Labute approximate surface area is 274 Å². The summed E-state index contributed by atoms with van der Waals surface area (Å²) in [6, 6.07) is 54.5. The van der Waals surface area contributed by atoms with Gasteiger partial charge in [0.2, 0.25) is 5.69 Å². The van der Waals surface area contributed by atoms with Gasteiger partial charge in [0, 0.05) is 42.3 Å². The van der Waals surface area contributed by atoms with E-state index in [0.717, 1.165) is 27.1 Å². The number of thiophene rings is 1. The van der Waals surface area contributed by atoms with E-state index in [0.29, 0.717) is 0 Å². The highest BCUT2D eigenvalue weighted by Crippen LogP contribution is 2.43. The van der Waals surface area contributed by atoms with Gasteiger partial charge in [-0.05, 0) is 76.5 Å². The Morgan fingerprint density at radius 1 is 0.426 bits per heavy atom. The standard InChI is InChI=1S/C43H25N3S/c1-44-37-19-10-18-34-36-25-35-33-17-4-7-22-40(33)46(41(35)26-42(36)47-43(34)37)30-14-9-12-28(24-30)27-11-8-13-29(23-27)45-38-20-5-2-15-31(38)32-16-3-6-21-39(32)45/h2-26H. The molecule has 0 N–H and O–H groups in total. The molecule has 0 amide bonds. The quantitative estimate of drug-likeness (QED) is 0.176. The average molecular weight is 616 g/mol. The van der Waals surface area contributed by atoms with Crippen molar-refractivity contribution in [2.75, 3.05) is 0 Å². The Bertz CT molecular complexity index is 2880. The molecule has 7 aromatic carbocycles. The Hall–Kier alpha value is -6.15. The summed E-state index contributed by atoms with van der Waals surface area (Å²) in [6.07, 6.45) is 0. The van der Waals surface area contributed by atoms with Crippen LogP contribution in [0.25, 0.3) is 91.1 Å². The van der Waals surface area contributed by atoms with Crippen LogP contribution in [-0.4, -0.2) is 9.13 Å². The van der Waals surface area contributed by atoms with Crippen LogP contribution in [-0.2, 0) is 0 Å². The Kier molecular flexibility index (Phi) is 5.51. The molecule has 0 atom stereocenters. The van der Waals surface area contributed by atoms with Gasteiger partial charge in [0.05, 0.1) is 28.6 Å². The second-order valence-corrected chi connectivity index (χ2v) is 13.1. The van der Waals surface area contributed by atoms with E-state index in [4.69, 9.17) is 6.57 Å². The molecule has 0 fully saturated rings. The SMILES string of the molecule is [C-]#[N+]c1cccc2c1sc1cc3c(cc12)c1ccccc1n3-c1cccc(-c2cccc(-n3c4ccccc4c4ccccc43)c2)c1. The average Bonchev–Trinajstić information content (AvgIpc) is 3.78. The van der Waals surface area contributed by atoms with Crippen LogP contribution in [0.5, 0.6) is 0 Å². The molecule has 0 saturated carbocycles. The molecule has 0 aliphatic carbocycles. The second-order valence-electron chi connectivity index (χ2n) is 12.1. The number of nitrogens with zero attached hydrogens (tertiary/aromatic N) is 3. The minimum Gasteiger partial charge on any atom is -0.309 e. The first-order valence-corrected chi connectivity index (χ1v) is 16.5. The maximum atomic E-state index is 7.71. The Balaban J connectivity index is 1.17. The van der Waals surface area contributed by atoms with E-state index >= 15 is 0 Å². The summed E-state index contributed by atoms with van der Waals surface area (Å²) in [6.45, 7) is 7.71. The van der Waals surface area contributed by atoms with Gasteiger partial charge in [-0.1, -0.05) is 97.1 Å². The van der Waals surface area contributed by atoms with Gasteiger partial charge in [0.15, 0.2) is 0 Å². The number of fused-ring (bicyclic) bond motifs is 9. The molecule has 4 heteroatoms. The molecule has 0 bridgehead atoms. The minimum absolute atomic E-state index is 0.719. The summed E-state index contributed by atoms with van der Waals surface area (Å²) in [5.74, 6) is 0. The molecule has 10 rings (SSSR count). The van der Waals surface area contributed by atoms with Gasteiger partial charge in [0.25, 0.3) is 0 Å². The van der Waals surface area contributed by atoms with Crippen LogP contribution in [0.3, 0.4) is 0 Å². The van der Waals surface area contributed by atoms with Crippen molar-refractivity contribution in [2.24, 2.45) is 0 Å². The van der Waals surface area contributed by atoms with E-state index < -0.39 is 0 Å². The summed E-state index contributed by atoms with van der Waals surface area (Å²) < 4.78 is 7.03. The normalized spacial score (nSPS) is 11.8. The zero-order chi connectivity index (χ0) is 31.1. The molecular weight excluding hydrogens is 591 g/mol. The topological polar surface area (TPSA) is 14.2 Å². The van der Waals surface area contributed by atoms with E-state index in [9.17, 15) is 0 Å². The van der Waals surface area contributed by atoms with Crippen molar-refractivity contribution in [3.63, 3.8) is 0 Å². The molecule has 3 heterocycles. The molecule has 0 unspecified atom stereocenters. The molecule has 3 aromatic heterocycles. The fourth-order valence-electron chi connectivity index (χ4n) is 7.46. The first-order chi connectivity index (χ1) is 23.3. The van der Waals surface area contributed by atoms with Crippen LogP contribution in [0.1, 0.15) is 0 Å². The lowest BCUT2D eigenvalue weighted by atomic mass is 10.0. The van der Waals surface area contributed by atoms with Gasteiger partial charge in [-0.25, -0.2) is 4.85 Å². The third-order valence-corrected chi connectivity index (χ3v) is 10.7. The number of hydrogen-bond acceptors (Lipinski definition) is 1. The zero-order valence-corrected chi connectivity index (χ0v) is 26.0. The first-order valence-electron chi connectivity index (χ1n) is 15.7. The van der Waals surface area contributed by atoms with Gasteiger partial charge >= 0.3 is 0 Å². The Morgan fingerprint density at radius 3 is 1.53 bits per heavy atom. The Morgan fingerprint density at radius 2 is 0.936 bits per heavy atom. The predicted octanol–water partition coefficient (Wildman–Crippen LogP) is 12.5. The van der Waals surface area contributed by atoms with Crippen LogP contribution in [0.15, 0.2) is 152 Å². The highest BCUT2D eigenvalue weighted by molar-refractivity contribution is 7.26. The van der Waals surface area contributed by atoms with E-state index in [2.05, 4.69) is 154 Å². The molecule has 0 saturated heterocycles. The van der Waals surface area contributed by atoms with Crippen molar-refractivity contribution < 1.29 is 0 Å². The van der Waals surface area contributed by atoms with E-state index in [1.165, 1.54) is 64.8 Å². The summed E-state index contributed by atoms with van der Waals surface area (Å²) in [5, 5.41) is 7.34. The summed E-state index contributed by atoms with van der Waals surface area (Å²) in [5.41, 5.74) is 10.1. The van der Waals surface area contributed by atoms with Crippen molar-refractivity contribution in [1.82, 2.24) is 9.13 Å². The molecule has 10 aromatic rings. The fourth-order valence-corrected chi connectivity index (χ4v) is 8.64. The minimum atomic E-state index is 0.719. The third-order valence-electron chi connectivity index (χ3n) is 9.51. The van der Waals surface area contributed by atoms with Gasteiger partial charge in [-0.2, -0.15) is 0 Å². The van der Waals surface area contributed by atoms with Gasteiger partial charge < -0.3 is 9.13 Å². The predicted molar refractivity (Wildman–Crippen MR) is 200 cm³/mol. The van der Waals surface area contributed by atoms with Crippen LogP contribution in [0.2, 0.25) is 0 Å². The van der Waals surface area contributed by atoms with Crippen LogP contribution in [0.4, 0.5) is 5.69 Å². The molecule has 0 aliphatic heterocycles. The fraction of sp³-hybridized carbons (Fsp3) is 0. The van der Waals surface area contributed by atoms with Crippen molar-refractivity contribution in [3.05, 3.63) is 163 Å². The lowest BCUT2D eigenvalue weighted by molar-refractivity contribution is 1.17. The maximum absolute atomic E-state index is 7.71. The summed E-state index contributed by atoms with van der Waals surface area (Å²) in [7, 11) is 0. The van der Waals surface area contributed by atoms with E-state index in [-0.39, 0.29) is 0 Å². The van der Waals surface area contributed by atoms with Crippen LogP contribution < -0.4 is 0 Å². The zero-order valence-electron chi connectivity index (χ0n) is 25.2. The first kappa shape index (κ1) is 26.1. The number of benzene rings is 7. The largest absolute Gasteiger partial charge is 0.309 e.